The molecule has 2 aliphatic rings. The maximum atomic E-state index is 14.8. The Morgan fingerprint density at radius 3 is 2.55 bits per heavy atom. The van der Waals surface area contributed by atoms with Crippen LogP contribution >= 0.6 is 0 Å². The van der Waals surface area contributed by atoms with Gasteiger partial charge in [0.15, 0.2) is 0 Å². The van der Waals surface area contributed by atoms with Crippen LogP contribution in [0.15, 0.2) is 42.5 Å². The maximum absolute atomic E-state index is 14.8. The standard InChI is InChI=1S/C22H22FNO5/c1-28-17-5-2-14(3-6-17)15-4-7-18(19(23)10-15)20(25)24-11-16-12-29-9-8-22(16,13-24)21(26)27/h2-7,10,16H,8-9,11-13H2,1H3,(H,26,27)/t16-,22+/m0/s1. The van der Waals surface area contributed by atoms with Crippen LogP contribution in [0.4, 0.5) is 4.39 Å². The summed E-state index contributed by atoms with van der Waals surface area (Å²) in [5.74, 6) is -1.61. The number of carboxylic acid groups (broad SMARTS) is 1. The van der Waals surface area contributed by atoms with Crippen LogP contribution in [0.1, 0.15) is 16.8 Å². The number of methoxy groups -OCH3 is 1. The van der Waals surface area contributed by atoms with Crippen LogP contribution in [0.2, 0.25) is 0 Å². The topological polar surface area (TPSA) is 76.1 Å². The summed E-state index contributed by atoms with van der Waals surface area (Å²) in [6, 6.07) is 11.7. The van der Waals surface area contributed by atoms with E-state index in [1.807, 2.05) is 12.1 Å². The molecule has 0 bridgehead atoms. The third-order valence-electron chi connectivity index (χ3n) is 6.04. The lowest BCUT2D eigenvalue weighted by molar-refractivity contribution is -0.157. The second-order valence-electron chi connectivity index (χ2n) is 7.59. The fraction of sp³-hybridized carbons (Fsp3) is 0.364. The number of hydrogen-bond acceptors (Lipinski definition) is 4. The zero-order valence-corrected chi connectivity index (χ0v) is 16.1. The number of aliphatic carboxylic acids is 1. The van der Waals surface area contributed by atoms with Crippen LogP contribution in [0, 0.1) is 17.2 Å². The molecule has 2 aromatic rings. The zero-order chi connectivity index (χ0) is 20.6. The predicted octanol–water partition coefficient (Wildman–Crippen LogP) is 3.06. The fourth-order valence-corrected chi connectivity index (χ4v) is 4.28. The quantitative estimate of drug-likeness (QED) is 0.855. The van der Waals surface area contributed by atoms with E-state index in [1.165, 1.54) is 17.0 Å². The Morgan fingerprint density at radius 2 is 1.93 bits per heavy atom. The average Bonchev–Trinajstić information content (AvgIpc) is 3.14. The zero-order valence-electron chi connectivity index (χ0n) is 16.1. The van der Waals surface area contributed by atoms with Gasteiger partial charge in [-0.05, 0) is 41.8 Å². The number of rotatable bonds is 4. The number of carbonyl (C=O) groups is 2. The Kier molecular flexibility index (Phi) is 5.00. The number of carbonyl (C=O) groups excluding carboxylic acids is 1. The van der Waals surface area contributed by atoms with Crippen LogP contribution in [0.25, 0.3) is 11.1 Å². The van der Waals surface area contributed by atoms with Crippen molar-refractivity contribution in [3.05, 3.63) is 53.8 Å². The first-order chi connectivity index (χ1) is 13.9. The van der Waals surface area contributed by atoms with Gasteiger partial charge in [0.25, 0.3) is 5.91 Å². The SMILES string of the molecule is COc1ccc(-c2ccc(C(=O)N3C[C@H]4COCC[C@@]4(C(=O)O)C3)c(F)c2)cc1. The first-order valence-corrected chi connectivity index (χ1v) is 9.49. The molecule has 152 valence electrons. The van der Waals surface area contributed by atoms with E-state index in [-0.39, 0.29) is 24.6 Å². The Balaban J connectivity index is 1.57. The molecule has 1 amide bonds. The highest BCUT2D eigenvalue weighted by atomic mass is 19.1. The van der Waals surface area contributed by atoms with Crippen LogP contribution in [0.3, 0.4) is 0 Å². The van der Waals surface area contributed by atoms with Crippen molar-refractivity contribution < 1.29 is 28.6 Å². The van der Waals surface area contributed by atoms with Gasteiger partial charge in [0.2, 0.25) is 0 Å². The van der Waals surface area contributed by atoms with E-state index in [0.29, 0.717) is 30.9 Å². The smallest absolute Gasteiger partial charge is 0.311 e. The molecule has 2 aromatic carbocycles. The minimum atomic E-state index is -1.01. The highest BCUT2D eigenvalue weighted by Crippen LogP contribution is 2.43. The summed E-state index contributed by atoms with van der Waals surface area (Å²) in [7, 11) is 1.57. The molecular weight excluding hydrogens is 377 g/mol. The van der Waals surface area contributed by atoms with Gasteiger partial charge in [0.1, 0.15) is 11.6 Å². The Labute approximate surface area is 167 Å². The van der Waals surface area contributed by atoms with E-state index in [2.05, 4.69) is 0 Å². The van der Waals surface area contributed by atoms with Gasteiger partial charge in [-0.15, -0.1) is 0 Å². The van der Waals surface area contributed by atoms with Gasteiger partial charge in [-0.1, -0.05) is 18.2 Å². The minimum absolute atomic E-state index is 0.0534. The molecular formula is C22H22FNO5. The number of nitrogens with zero attached hydrogens (tertiary/aromatic N) is 1. The third kappa shape index (κ3) is 3.35. The molecule has 2 saturated heterocycles. The number of carboxylic acids is 1. The first-order valence-electron chi connectivity index (χ1n) is 9.49. The number of amides is 1. The normalized spacial score (nSPS) is 23.5. The van der Waals surface area contributed by atoms with E-state index in [1.54, 1.807) is 25.3 Å². The molecule has 0 aliphatic carbocycles. The van der Waals surface area contributed by atoms with Crippen LogP contribution in [-0.2, 0) is 9.53 Å². The molecule has 7 heteroatoms. The molecule has 2 fully saturated rings. The third-order valence-corrected chi connectivity index (χ3v) is 6.04. The van der Waals surface area contributed by atoms with E-state index >= 15 is 0 Å². The highest BCUT2D eigenvalue weighted by Gasteiger charge is 2.55. The van der Waals surface area contributed by atoms with E-state index in [9.17, 15) is 19.1 Å². The lowest BCUT2D eigenvalue weighted by atomic mass is 9.74. The number of fused-ring (bicyclic) bond motifs is 1. The van der Waals surface area contributed by atoms with Crippen molar-refractivity contribution >= 4 is 11.9 Å². The highest BCUT2D eigenvalue weighted by molar-refractivity contribution is 5.96. The van der Waals surface area contributed by atoms with Crippen LogP contribution in [0.5, 0.6) is 5.75 Å². The number of halogens is 1. The van der Waals surface area contributed by atoms with Gasteiger partial charge in [0.05, 0.1) is 24.7 Å². The molecule has 0 unspecified atom stereocenters. The molecule has 4 rings (SSSR count). The van der Waals surface area contributed by atoms with Gasteiger partial charge in [-0.25, -0.2) is 4.39 Å². The Morgan fingerprint density at radius 1 is 1.21 bits per heavy atom. The molecule has 6 nitrogen and oxygen atoms in total. The Bertz CT molecular complexity index is 945. The molecule has 0 radical (unpaired) electrons. The first kappa shape index (κ1) is 19.4. The lowest BCUT2D eigenvalue weighted by Gasteiger charge is -2.33. The molecule has 0 spiro atoms. The maximum Gasteiger partial charge on any atom is 0.311 e. The van der Waals surface area contributed by atoms with Gasteiger partial charge in [0, 0.05) is 25.6 Å². The number of ether oxygens (including phenoxy) is 2. The van der Waals surface area contributed by atoms with Gasteiger partial charge in [-0.3, -0.25) is 9.59 Å². The second-order valence-corrected chi connectivity index (χ2v) is 7.59. The largest absolute Gasteiger partial charge is 0.497 e. The van der Waals surface area contributed by atoms with E-state index in [0.717, 1.165) is 5.56 Å². The van der Waals surface area contributed by atoms with Crippen molar-refractivity contribution in [1.29, 1.82) is 0 Å². The van der Waals surface area contributed by atoms with Crippen molar-refractivity contribution in [3.63, 3.8) is 0 Å². The molecule has 2 atom stereocenters. The van der Waals surface area contributed by atoms with Crippen molar-refractivity contribution in [2.24, 2.45) is 11.3 Å². The number of hydrogen-bond donors (Lipinski definition) is 1. The van der Waals surface area contributed by atoms with Crippen molar-refractivity contribution in [1.82, 2.24) is 4.90 Å². The lowest BCUT2D eigenvalue weighted by Crippen LogP contribution is -2.45. The second kappa shape index (κ2) is 7.48. The van der Waals surface area contributed by atoms with Gasteiger partial charge < -0.3 is 19.5 Å². The van der Waals surface area contributed by atoms with E-state index in [4.69, 9.17) is 9.47 Å². The predicted molar refractivity (Wildman–Crippen MR) is 103 cm³/mol. The Hall–Kier alpha value is -2.93. The van der Waals surface area contributed by atoms with E-state index < -0.39 is 23.1 Å². The van der Waals surface area contributed by atoms with Crippen molar-refractivity contribution in [2.45, 2.75) is 6.42 Å². The summed E-state index contributed by atoms with van der Waals surface area (Å²) in [6.07, 6.45) is 0.357. The summed E-state index contributed by atoms with van der Waals surface area (Å²) < 4.78 is 25.3. The molecule has 2 heterocycles. The summed E-state index contributed by atoms with van der Waals surface area (Å²) in [4.78, 5) is 26.3. The van der Waals surface area contributed by atoms with Crippen LogP contribution < -0.4 is 4.74 Å². The van der Waals surface area contributed by atoms with Gasteiger partial charge >= 0.3 is 5.97 Å². The summed E-state index contributed by atoms with van der Waals surface area (Å²) in [5, 5.41) is 9.75. The summed E-state index contributed by atoms with van der Waals surface area (Å²) in [5.41, 5.74) is 0.389. The molecule has 0 saturated carbocycles. The summed E-state index contributed by atoms with van der Waals surface area (Å²) >= 11 is 0. The average molecular weight is 399 g/mol. The molecule has 29 heavy (non-hydrogen) atoms. The minimum Gasteiger partial charge on any atom is -0.497 e. The van der Waals surface area contributed by atoms with Gasteiger partial charge in [-0.2, -0.15) is 0 Å². The van der Waals surface area contributed by atoms with Crippen molar-refractivity contribution in [2.75, 3.05) is 33.4 Å². The van der Waals surface area contributed by atoms with Crippen molar-refractivity contribution in [3.8, 4) is 16.9 Å². The fourth-order valence-electron chi connectivity index (χ4n) is 4.28. The monoisotopic (exact) mass is 399 g/mol. The molecule has 0 aromatic heterocycles. The summed E-state index contributed by atoms with van der Waals surface area (Å²) in [6.45, 7) is 0.990. The molecule has 2 aliphatic heterocycles. The van der Waals surface area contributed by atoms with Crippen LogP contribution in [-0.4, -0.2) is 55.3 Å². The molecule has 1 N–H and O–H groups in total. The number of likely N-dealkylation sites (tertiary alicyclic amines) is 1. The number of benzene rings is 2.